The number of carboxylic acid groups (broad SMARTS) is 1. The third-order valence-electron chi connectivity index (χ3n) is 4.14. The van der Waals surface area contributed by atoms with Crippen LogP contribution in [0.3, 0.4) is 0 Å². The minimum absolute atomic E-state index is 0.00177. The second-order valence-corrected chi connectivity index (χ2v) is 5.73. The fourth-order valence-corrected chi connectivity index (χ4v) is 2.92. The molecule has 1 aliphatic rings. The van der Waals surface area contributed by atoms with E-state index in [2.05, 4.69) is 24.2 Å². The summed E-state index contributed by atoms with van der Waals surface area (Å²) in [5, 5.41) is 13.4. The van der Waals surface area contributed by atoms with Gasteiger partial charge in [-0.25, -0.2) is 9.48 Å². The van der Waals surface area contributed by atoms with Gasteiger partial charge < -0.3 is 5.11 Å². The molecule has 0 spiro atoms. The van der Waals surface area contributed by atoms with Crippen LogP contribution in [0.1, 0.15) is 34.2 Å². The summed E-state index contributed by atoms with van der Waals surface area (Å²) in [5.41, 5.74) is 2.28. The van der Waals surface area contributed by atoms with E-state index in [1.165, 1.54) is 17.0 Å². The van der Waals surface area contributed by atoms with Crippen molar-refractivity contribution in [3.05, 3.63) is 65.0 Å². The van der Waals surface area contributed by atoms with E-state index >= 15 is 0 Å². The maximum atomic E-state index is 11.4. The van der Waals surface area contributed by atoms with Crippen LogP contribution in [0, 0.1) is 0 Å². The first-order chi connectivity index (χ1) is 11.0. The predicted octanol–water partition coefficient (Wildman–Crippen LogP) is 2.78. The zero-order chi connectivity index (χ0) is 16.4. The van der Waals surface area contributed by atoms with Crippen LogP contribution in [0.15, 0.2) is 42.5 Å². The van der Waals surface area contributed by atoms with Crippen molar-refractivity contribution in [2.24, 2.45) is 0 Å². The number of carboxylic acids is 1. The summed E-state index contributed by atoms with van der Waals surface area (Å²) in [7, 11) is 0. The van der Waals surface area contributed by atoms with Gasteiger partial charge in [0.1, 0.15) is 6.29 Å². The molecule has 116 valence electrons. The third-order valence-corrected chi connectivity index (χ3v) is 4.14. The Hall–Kier alpha value is -2.95. The summed E-state index contributed by atoms with van der Waals surface area (Å²) in [5.74, 6) is -1.08. The zero-order valence-electron chi connectivity index (χ0n) is 12.6. The Kier molecular flexibility index (Phi) is 3.70. The summed E-state index contributed by atoms with van der Waals surface area (Å²) < 4.78 is 1.48. The number of aldehydes is 1. The third kappa shape index (κ3) is 2.61. The van der Waals surface area contributed by atoms with E-state index in [4.69, 9.17) is 0 Å². The van der Waals surface area contributed by atoms with Crippen LogP contribution < -0.4 is 0 Å². The molecule has 0 bridgehead atoms. The molecule has 23 heavy (non-hydrogen) atoms. The highest BCUT2D eigenvalue weighted by atomic mass is 16.4. The number of carbonyl (C=O) groups is 2. The van der Waals surface area contributed by atoms with Gasteiger partial charge >= 0.3 is 5.97 Å². The van der Waals surface area contributed by atoms with Gasteiger partial charge in [-0.1, -0.05) is 49.4 Å². The lowest BCUT2D eigenvalue weighted by Gasteiger charge is -2.30. The van der Waals surface area contributed by atoms with Crippen LogP contribution in [0.2, 0.25) is 0 Å². The molecular formula is C18H16N2O3. The second kappa shape index (κ2) is 5.68. The van der Waals surface area contributed by atoms with E-state index in [-0.39, 0.29) is 11.1 Å². The minimum atomic E-state index is -1.08. The minimum Gasteiger partial charge on any atom is -0.476 e. The highest BCUT2D eigenvalue weighted by molar-refractivity contribution is 5.91. The first kappa shape index (κ1) is 15.0. The smallest absolute Gasteiger partial charge is 0.357 e. The molecule has 1 atom stereocenters. The molecule has 2 aromatic rings. The maximum Gasteiger partial charge on any atom is 0.357 e. The summed E-state index contributed by atoms with van der Waals surface area (Å²) in [6, 6.07) is 10.0. The number of carbonyl (C=O) groups excluding carboxylic acids is 1. The molecule has 1 heterocycles. The Balaban J connectivity index is 2.11. The molecule has 0 amide bonds. The van der Waals surface area contributed by atoms with Crippen LogP contribution in [-0.2, 0) is 16.6 Å². The predicted molar refractivity (Wildman–Crippen MR) is 87.1 cm³/mol. The van der Waals surface area contributed by atoms with Gasteiger partial charge in [0.25, 0.3) is 0 Å². The van der Waals surface area contributed by atoms with Crippen molar-refractivity contribution in [2.75, 3.05) is 0 Å². The normalized spacial score (nSPS) is 19.7. The number of benzene rings is 1. The molecule has 1 unspecified atom stereocenters. The number of aromatic nitrogens is 2. The molecule has 0 radical (unpaired) electrons. The highest BCUT2D eigenvalue weighted by Gasteiger charge is 2.32. The molecule has 1 aromatic heterocycles. The topological polar surface area (TPSA) is 72.2 Å². The van der Waals surface area contributed by atoms with Crippen LogP contribution in [0.4, 0.5) is 0 Å². The van der Waals surface area contributed by atoms with Crippen molar-refractivity contribution in [3.63, 3.8) is 0 Å². The van der Waals surface area contributed by atoms with E-state index in [1.54, 1.807) is 0 Å². The maximum absolute atomic E-state index is 11.4. The number of allylic oxidation sites excluding steroid dienone is 2. The van der Waals surface area contributed by atoms with Crippen molar-refractivity contribution in [1.29, 1.82) is 0 Å². The molecule has 0 aliphatic heterocycles. The summed E-state index contributed by atoms with van der Waals surface area (Å²) >= 11 is 0. The average Bonchev–Trinajstić information content (AvgIpc) is 2.91. The fourth-order valence-electron chi connectivity index (χ4n) is 2.92. The van der Waals surface area contributed by atoms with Gasteiger partial charge in [-0.3, -0.25) is 4.79 Å². The van der Waals surface area contributed by atoms with Crippen molar-refractivity contribution in [3.8, 4) is 0 Å². The van der Waals surface area contributed by atoms with Crippen LogP contribution in [0.25, 0.3) is 12.3 Å². The first-order valence-corrected chi connectivity index (χ1v) is 7.26. The SMILES string of the molecule is CC1(c2ccccc2)C=Cc2c(C(=O)O)nn(C=CC=O)c2C1. The van der Waals surface area contributed by atoms with Crippen molar-refractivity contribution >= 4 is 24.5 Å². The second-order valence-electron chi connectivity index (χ2n) is 5.73. The molecule has 0 saturated carbocycles. The number of hydrogen-bond acceptors (Lipinski definition) is 3. The molecule has 1 aromatic carbocycles. The molecule has 5 heteroatoms. The van der Waals surface area contributed by atoms with Crippen molar-refractivity contribution in [1.82, 2.24) is 9.78 Å². The van der Waals surface area contributed by atoms with E-state index in [0.717, 1.165) is 11.3 Å². The lowest BCUT2D eigenvalue weighted by molar-refractivity contribution is -0.104. The van der Waals surface area contributed by atoms with Crippen LogP contribution in [-0.4, -0.2) is 27.1 Å². The molecule has 1 N–H and O–H groups in total. The van der Waals surface area contributed by atoms with Gasteiger partial charge in [0.2, 0.25) is 0 Å². The molecule has 5 nitrogen and oxygen atoms in total. The van der Waals surface area contributed by atoms with Gasteiger partial charge in [-0.15, -0.1) is 0 Å². The van der Waals surface area contributed by atoms with Gasteiger partial charge in [-0.2, -0.15) is 5.10 Å². The molecule has 0 saturated heterocycles. The molecule has 1 aliphatic carbocycles. The monoisotopic (exact) mass is 308 g/mol. The summed E-state index contributed by atoms with van der Waals surface area (Å²) in [6.45, 7) is 2.10. The van der Waals surface area contributed by atoms with Crippen molar-refractivity contribution < 1.29 is 14.7 Å². The number of fused-ring (bicyclic) bond motifs is 1. The fraction of sp³-hybridized carbons (Fsp3) is 0.167. The van der Waals surface area contributed by atoms with Gasteiger partial charge in [0, 0.05) is 23.6 Å². The zero-order valence-corrected chi connectivity index (χ0v) is 12.6. The molecule has 0 fully saturated rings. The van der Waals surface area contributed by atoms with E-state index in [9.17, 15) is 14.7 Å². The van der Waals surface area contributed by atoms with Gasteiger partial charge in [-0.05, 0) is 11.6 Å². The quantitative estimate of drug-likeness (QED) is 0.696. The van der Waals surface area contributed by atoms with Gasteiger partial charge in [0.05, 0.1) is 5.69 Å². The Morgan fingerprint density at radius 3 is 2.74 bits per heavy atom. The lowest BCUT2D eigenvalue weighted by Crippen LogP contribution is -2.26. The first-order valence-electron chi connectivity index (χ1n) is 7.26. The Labute approximate surface area is 133 Å². The molecule has 3 rings (SSSR count). The lowest BCUT2D eigenvalue weighted by atomic mass is 9.74. The Bertz CT molecular complexity index is 818. The number of rotatable bonds is 4. The molecular weight excluding hydrogens is 292 g/mol. The van der Waals surface area contributed by atoms with Crippen molar-refractivity contribution in [2.45, 2.75) is 18.8 Å². The summed E-state index contributed by atoms with van der Waals surface area (Å²) in [6.07, 6.45) is 7.87. The Morgan fingerprint density at radius 1 is 1.35 bits per heavy atom. The van der Waals surface area contributed by atoms with E-state index in [0.29, 0.717) is 18.3 Å². The average molecular weight is 308 g/mol. The van der Waals surface area contributed by atoms with E-state index in [1.807, 2.05) is 30.4 Å². The van der Waals surface area contributed by atoms with Crippen LogP contribution in [0.5, 0.6) is 0 Å². The largest absolute Gasteiger partial charge is 0.476 e. The number of hydrogen-bond donors (Lipinski definition) is 1. The number of aromatic carboxylic acids is 1. The summed E-state index contributed by atoms with van der Waals surface area (Å²) in [4.78, 5) is 22.0. The van der Waals surface area contributed by atoms with E-state index < -0.39 is 5.97 Å². The Morgan fingerprint density at radius 2 is 2.09 bits per heavy atom. The van der Waals surface area contributed by atoms with Gasteiger partial charge in [0.15, 0.2) is 5.69 Å². The highest BCUT2D eigenvalue weighted by Crippen LogP contribution is 2.36. The van der Waals surface area contributed by atoms with Crippen LogP contribution >= 0.6 is 0 Å². The number of nitrogens with zero attached hydrogens (tertiary/aromatic N) is 2. The standard InChI is InChI=1S/C18H16N2O3/c1-18(13-6-3-2-4-7-13)9-8-14-15(12-18)20(10-5-11-21)19-16(14)17(22)23/h2-11H,12H2,1H3,(H,22,23).